The number of carbonyl (C=O) groups is 1. The summed E-state index contributed by atoms with van der Waals surface area (Å²) >= 11 is 0. The van der Waals surface area contributed by atoms with Gasteiger partial charge in [0.05, 0.1) is 5.56 Å². The molecule has 0 aliphatic heterocycles. The molecule has 0 aliphatic carbocycles. The molecule has 1 N–H and O–H groups in total. The average molecular weight is 234 g/mol. The van der Waals surface area contributed by atoms with Crippen molar-refractivity contribution in [2.45, 2.75) is 33.2 Å². The second-order valence-corrected chi connectivity index (χ2v) is 4.57. The van der Waals surface area contributed by atoms with Crippen molar-refractivity contribution in [3.8, 4) is 0 Å². The Kier molecular flexibility index (Phi) is 5.01. The highest BCUT2D eigenvalue weighted by molar-refractivity contribution is 5.99. The second kappa shape index (κ2) is 6.28. The van der Waals surface area contributed by atoms with Crippen LogP contribution in [0.15, 0.2) is 24.3 Å². The summed E-state index contributed by atoms with van der Waals surface area (Å²) in [5.74, 6) is 0.0793. The predicted molar refractivity (Wildman–Crippen MR) is 72.5 cm³/mol. The molecule has 17 heavy (non-hydrogen) atoms. The fourth-order valence-electron chi connectivity index (χ4n) is 1.75. The Morgan fingerprint density at radius 3 is 2.59 bits per heavy atom. The van der Waals surface area contributed by atoms with Crippen LogP contribution in [-0.2, 0) is 0 Å². The molecule has 0 radical (unpaired) electrons. The monoisotopic (exact) mass is 234 g/mol. The van der Waals surface area contributed by atoms with Gasteiger partial charge in [0.15, 0.2) is 0 Å². The molecular weight excluding hydrogens is 212 g/mol. The number of hydrogen-bond donors (Lipinski definition) is 1. The Hall–Kier alpha value is -1.51. The van der Waals surface area contributed by atoms with E-state index in [-0.39, 0.29) is 5.91 Å². The smallest absolute Gasteiger partial charge is 0.255 e. The van der Waals surface area contributed by atoms with Crippen LogP contribution in [-0.4, -0.2) is 30.4 Å². The minimum absolute atomic E-state index is 0.0793. The number of carbonyl (C=O) groups excluding carboxylic acids is 1. The minimum atomic E-state index is 0.0793. The first kappa shape index (κ1) is 13.6. The first-order chi connectivity index (χ1) is 8.06. The zero-order valence-corrected chi connectivity index (χ0v) is 11.2. The quantitative estimate of drug-likeness (QED) is 0.849. The Balaban J connectivity index is 2.92. The number of nitrogens with one attached hydrogen (secondary N) is 1. The van der Waals surface area contributed by atoms with E-state index in [1.54, 1.807) is 4.90 Å². The maximum Gasteiger partial charge on any atom is 0.255 e. The van der Waals surface area contributed by atoms with Crippen LogP contribution in [0.1, 0.15) is 37.6 Å². The van der Waals surface area contributed by atoms with Gasteiger partial charge in [-0.15, -0.1) is 0 Å². The lowest BCUT2D eigenvalue weighted by Gasteiger charge is -2.19. The molecule has 0 spiro atoms. The Morgan fingerprint density at radius 1 is 1.35 bits per heavy atom. The first-order valence-electron chi connectivity index (χ1n) is 6.17. The number of amides is 1. The summed E-state index contributed by atoms with van der Waals surface area (Å²) in [6.45, 7) is 6.99. The highest BCUT2D eigenvalue weighted by Gasteiger charge is 2.14. The largest absolute Gasteiger partial charge is 0.382 e. The summed E-state index contributed by atoms with van der Waals surface area (Å²) < 4.78 is 0. The summed E-state index contributed by atoms with van der Waals surface area (Å²) in [5, 5.41) is 3.30. The molecule has 3 nitrogen and oxygen atoms in total. The highest BCUT2D eigenvalue weighted by atomic mass is 16.2. The van der Waals surface area contributed by atoms with E-state index in [9.17, 15) is 4.79 Å². The SMILES string of the molecule is CCCN(C)C(=O)c1ccccc1NC(C)C. The second-order valence-electron chi connectivity index (χ2n) is 4.57. The summed E-state index contributed by atoms with van der Waals surface area (Å²) in [4.78, 5) is 14.0. The summed E-state index contributed by atoms with van der Waals surface area (Å²) in [6.07, 6.45) is 0.974. The number of nitrogens with zero attached hydrogens (tertiary/aromatic N) is 1. The van der Waals surface area contributed by atoms with Crippen molar-refractivity contribution in [3.05, 3.63) is 29.8 Å². The molecule has 0 saturated heterocycles. The molecule has 0 atom stereocenters. The molecule has 1 rings (SSSR count). The van der Waals surface area contributed by atoms with Crippen LogP contribution in [0.2, 0.25) is 0 Å². The van der Waals surface area contributed by atoms with Gasteiger partial charge in [-0.3, -0.25) is 4.79 Å². The lowest BCUT2D eigenvalue weighted by molar-refractivity contribution is 0.0796. The normalized spacial score (nSPS) is 10.4. The molecule has 0 saturated carbocycles. The molecular formula is C14H22N2O. The molecule has 1 aromatic rings. The van der Waals surface area contributed by atoms with E-state index < -0.39 is 0 Å². The highest BCUT2D eigenvalue weighted by Crippen LogP contribution is 2.17. The summed E-state index contributed by atoms with van der Waals surface area (Å²) in [7, 11) is 1.85. The van der Waals surface area contributed by atoms with Gasteiger partial charge in [0.1, 0.15) is 0 Å². The van der Waals surface area contributed by atoms with Crippen LogP contribution in [0.5, 0.6) is 0 Å². The fraction of sp³-hybridized carbons (Fsp3) is 0.500. The van der Waals surface area contributed by atoms with Gasteiger partial charge in [-0.2, -0.15) is 0 Å². The van der Waals surface area contributed by atoms with Crippen molar-refractivity contribution >= 4 is 11.6 Å². The molecule has 0 bridgehead atoms. The zero-order chi connectivity index (χ0) is 12.8. The third-order valence-corrected chi connectivity index (χ3v) is 2.51. The first-order valence-corrected chi connectivity index (χ1v) is 6.17. The number of anilines is 1. The molecule has 0 unspecified atom stereocenters. The topological polar surface area (TPSA) is 32.3 Å². The van der Waals surface area contributed by atoms with E-state index in [1.165, 1.54) is 0 Å². The third kappa shape index (κ3) is 3.77. The van der Waals surface area contributed by atoms with E-state index >= 15 is 0 Å². The van der Waals surface area contributed by atoms with Crippen LogP contribution in [0, 0.1) is 0 Å². The summed E-state index contributed by atoms with van der Waals surface area (Å²) in [6, 6.07) is 7.99. The van der Waals surface area contributed by atoms with E-state index in [0.29, 0.717) is 6.04 Å². The lowest BCUT2D eigenvalue weighted by atomic mass is 10.1. The van der Waals surface area contributed by atoms with Gasteiger partial charge >= 0.3 is 0 Å². The molecule has 0 fully saturated rings. The lowest BCUT2D eigenvalue weighted by Crippen LogP contribution is -2.28. The number of rotatable bonds is 5. The van der Waals surface area contributed by atoms with Crippen molar-refractivity contribution in [1.82, 2.24) is 4.90 Å². The van der Waals surface area contributed by atoms with E-state index in [2.05, 4.69) is 26.1 Å². The van der Waals surface area contributed by atoms with Gasteiger partial charge in [0.25, 0.3) is 5.91 Å². The number of para-hydroxylation sites is 1. The maximum atomic E-state index is 12.2. The molecule has 3 heteroatoms. The number of benzene rings is 1. The van der Waals surface area contributed by atoms with Gasteiger partial charge < -0.3 is 10.2 Å². The molecule has 1 aromatic carbocycles. The molecule has 0 heterocycles. The van der Waals surface area contributed by atoms with E-state index in [0.717, 1.165) is 24.2 Å². The molecule has 0 aliphatic rings. The van der Waals surface area contributed by atoms with Crippen LogP contribution >= 0.6 is 0 Å². The fourth-order valence-corrected chi connectivity index (χ4v) is 1.75. The van der Waals surface area contributed by atoms with Crippen molar-refractivity contribution in [3.63, 3.8) is 0 Å². The van der Waals surface area contributed by atoms with Gasteiger partial charge in [-0.1, -0.05) is 19.1 Å². The Labute approximate surface area is 104 Å². The zero-order valence-electron chi connectivity index (χ0n) is 11.2. The van der Waals surface area contributed by atoms with E-state index in [4.69, 9.17) is 0 Å². The van der Waals surface area contributed by atoms with Gasteiger partial charge in [0, 0.05) is 25.3 Å². The van der Waals surface area contributed by atoms with Crippen molar-refractivity contribution in [2.24, 2.45) is 0 Å². The van der Waals surface area contributed by atoms with Gasteiger partial charge in [-0.05, 0) is 32.4 Å². The Bertz CT molecular complexity index is 374. The maximum absolute atomic E-state index is 12.2. The summed E-state index contributed by atoms with van der Waals surface area (Å²) in [5.41, 5.74) is 1.66. The third-order valence-electron chi connectivity index (χ3n) is 2.51. The van der Waals surface area contributed by atoms with Crippen LogP contribution < -0.4 is 5.32 Å². The molecule has 94 valence electrons. The van der Waals surface area contributed by atoms with Crippen molar-refractivity contribution < 1.29 is 4.79 Å². The van der Waals surface area contributed by atoms with Crippen LogP contribution in [0.4, 0.5) is 5.69 Å². The van der Waals surface area contributed by atoms with E-state index in [1.807, 2.05) is 31.3 Å². The Morgan fingerprint density at radius 2 is 2.00 bits per heavy atom. The van der Waals surface area contributed by atoms with Gasteiger partial charge in [0.2, 0.25) is 0 Å². The average Bonchev–Trinajstić information content (AvgIpc) is 2.28. The van der Waals surface area contributed by atoms with Crippen LogP contribution in [0.3, 0.4) is 0 Å². The molecule has 0 aromatic heterocycles. The standard InChI is InChI=1S/C14H22N2O/c1-5-10-16(4)14(17)12-8-6-7-9-13(12)15-11(2)3/h6-9,11,15H,5,10H2,1-4H3. The minimum Gasteiger partial charge on any atom is -0.382 e. The van der Waals surface area contributed by atoms with Crippen molar-refractivity contribution in [2.75, 3.05) is 18.9 Å². The number of hydrogen-bond acceptors (Lipinski definition) is 2. The predicted octanol–water partition coefficient (Wildman–Crippen LogP) is 2.99. The molecule has 1 amide bonds. The van der Waals surface area contributed by atoms with Crippen LogP contribution in [0.25, 0.3) is 0 Å². The van der Waals surface area contributed by atoms with Gasteiger partial charge in [-0.25, -0.2) is 0 Å². The van der Waals surface area contributed by atoms with Crippen molar-refractivity contribution in [1.29, 1.82) is 0 Å².